The molecule has 18 heteroatoms. The Morgan fingerprint density at radius 3 is 2.27 bits per heavy atom. The fourth-order valence-electron chi connectivity index (χ4n) is 3.85. The van der Waals surface area contributed by atoms with E-state index in [0.717, 1.165) is 5.75 Å². The number of carbonyl (C=O) groups is 3. The molecule has 1 rings (SSSR count). The monoisotopic (exact) mass is 780 g/mol. The molecular weight excluding hydrogens is 722 g/mol. The van der Waals surface area contributed by atoms with Gasteiger partial charge >= 0.3 is 21.2 Å². The molecule has 15 nitrogen and oxygen atoms in total. The van der Waals surface area contributed by atoms with Crippen molar-refractivity contribution in [1.29, 1.82) is 0 Å². The topological polar surface area (TPSA) is 200 Å². The molecule has 1 aromatic carbocycles. The van der Waals surface area contributed by atoms with E-state index >= 15 is 0 Å². The third-order valence-electron chi connectivity index (χ3n) is 6.56. The van der Waals surface area contributed by atoms with Crippen molar-refractivity contribution < 1.29 is 51.7 Å². The van der Waals surface area contributed by atoms with E-state index < -0.39 is 45.4 Å². The van der Waals surface area contributed by atoms with Gasteiger partial charge in [-0.1, -0.05) is 13.8 Å². The summed E-state index contributed by atoms with van der Waals surface area (Å²) in [6.45, 7) is 12.5. The zero-order chi connectivity index (χ0) is 38.3. The van der Waals surface area contributed by atoms with Crippen molar-refractivity contribution in [3.63, 3.8) is 0 Å². The van der Waals surface area contributed by atoms with Crippen LogP contribution >= 0.6 is 27.0 Å². The molecule has 4 atom stereocenters. The Balaban J connectivity index is 2.63. The van der Waals surface area contributed by atoms with Gasteiger partial charge in [-0.15, -0.1) is 11.8 Å². The van der Waals surface area contributed by atoms with Gasteiger partial charge in [-0.25, -0.2) is 9.65 Å². The van der Waals surface area contributed by atoms with Crippen LogP contribution < -0.4 is 20.8 Å². The fourth-order valence-corrected chi connectivity index (χ4v) is 7.57. The zero-order valence-corrected chi connectivity index (χ0v) is 33.5. The summed E-state index contributed by atoms with van der Waals surface area (Å²) in [5, 5.41) is 21.6. The first-order valence-corrected chi connectivity index (χ1v) is 21.4. The molecule has 0 saturated carbocycles. The SMILES string of the molecule is CCS/C=C\P(=O)(Nc1ccc(C(=O)NCCCCCOP(=O)(NC(C)C(=O)OC(C)(C)C)OCC(=O)N[C@@H](C)CC)cc1)OCCOCCO. The summed E-state index contributed by atoms with van der Waals surface area (Å²) >= 11 is 1.48. The molecule has 0 spiro atoms. The number of amides is 2. The molecular formula is C33H58N4O11P2S. The number of carbonyl (C=O) groups excluding carboxylic acids is 3. The van der Waals surface area contributed by atoms with E-state index in [2.05, 4.69) is 20.8 Å². The number of hydrogen-bond donors (Lipinski definition) is 5. The van der Waals surface area contributed by atoms with Gasteiger partial charge in [0.05, 0.1) is 33.0 Å². The van der Waals surface area contributed by atoms with E-state index in [1.54, 1.807) is 50.4 Å². The largest absolute Gasteiger partial charge is 0.459 e. The van der Waals surface area contributed by atoms with Crippen LogP contribution in [0, 0.1) is 0 Å². The Morgan fingerprint density at radius 2 is 1.65 bits per heavy atom. The molecule has 0 fully saturated rings. The highest BCUT2D eigenvalue weighted by molar-refractivity contribution is 8.02. The summed E-state index contributed by atoms with van der Waals surface area (Å²) in [6.07, 6.45) is 2.39. The van der Waals surface area contributed by atoms with Crippen molar-refractivity contribution >= 4 is 50.5 Å². The number of nitrogens with one attached hydrogen (secondary N) is 4. The first-order chi connectivity index (χ1) is 24.0. The van der Waals surface area contributed by atoms with Gasteiger partial charge in [0, 0.05) is 29.7 Å². The second-order valence-corrected chi connectivity index (χ2v) is 17.3. The van der Waals surface area contributed by atoms with E-state index in [1.165, 1.54) is 24.5 Å². The maximum atomic E-state index is 13.5. The van der Waals surface area contributed by atoms with E-state index in [0.29, 0.717) is 43.5 Å². The van der Waals surface area contributed by atoms with Gasteiger partial charge in [0.1, 0.15) is 18.2 Å². The summed E-state index contributed by atoms with van der Waals surface area (Å²) in [4.78, 5) is 37.4. The van der Waals surface area contributed by atoms with Crippen LogP contribution in [0.25, 0.3) is 0 Å². The second-order valence-electron chi connectivity index (χ2n) is 12.4. The molecule has 0 radical (unpaired) electrons. The number of ether oxygens (including phenoxy) is 2. The molecule has 292 valence electrons. The fraction of sp³-hybridized carbons (Fsp3) is 0.667. The molecule has 0 aliphatic rings. The summed E-state index contributed by atoms with van der Waals surface area (Å²) in [5.41, 5.74) is 0.161. The highest BCUT2D eigenvalue weighted by Crippen LogP contribution is 2.49. The molecule has 0 bridgehead atoms. The lowest BCUT2D eigenvalue weighted by molar-refractivity contribution is -0.156. The number of hydrogen-bond acceptors (Lipinski definition) is 12. The molecule has 1 aromatic rings. The van der Waals surface area contributed by atoms with Crippen molar-refractivity contribution in [2.45, 2.75) is 91.8 Å². The molecule has 3 unspecified atom stereocenters. The normalized spacial score (nSPS) is 15.4. The van der Waals surface area contributed by atoms with Crippen LogP contribution in [0.5, 0.6) is 0 Å². The first kappa shape index (κ1) is 46.8. The Kier molecular flexibility index (Phi) is 22.8. The predicted octanol–water partition coefficient (Wildman–Crippen LogP) is 5.82. The van der Waals surface area contributed by atoms with Gasteiger partial charge in [-0.2, -0.15) is 0 Å². The lowest BCUT2D eigenvalue weighted by atomic mass is 10.2. The second kappa shape index (κ2) is 24.9. The molecule has 0 aliphatic carbocycles. The molecule has 0 aliphatic heterocycles. The van der Waals surface area contributed by atoms with Crippen molar-refractivity contribution in [3.8, 4) is 0 Å². The van der Waals surface area contributed by atoms with Crippen LogP contribution in [0.4, 0.5) is 5.69 Å². The number of benzene rings is 1. The standard InChI is InChI=1S/C33H58N4O11P2S/c1-8-26(3)35-30(39)25-47-50(43,36-27(4)32(41)48-33(5,6)7)46-19-12-10-11-17-34-31(40)28-13-15-29(16-14-28)37-49(42,23-24-51-9-2)45-22-21-44-20-18-38/h13-16,23-24,26-27,38H,8-12,17-22,25H2,1-7H3,(H,34,40)(H,35,39)(H,36,43)(H,37,42)/b24-23-/t26-,27?,49?,50?/m0/s1. The smallest absolute Gasteiger partial charge is 0.406 e. The number of anilines is 1. The van der Waals surface area contributed by atoms with Crippen LogP contribution in [0.2, 0.25) is 0 Å². The number of aliphatic hydroxyl groups excluding tert-OH is 1. The molecule has 0 saturated heterocycles. The number of unbranched alkanes of at least 4 members (excludes halogenated alkanes) is 2. The number of esters is 1. The van der Waals surface area contributed by atoms with Crippen molar-refractivity contribution in [2.75, 3.05) is 57.0 Å². The zero-order valence-electron chi connectivity index (χ0n) is 30.9. The number of thioether (sulfide) groups is 1. The van der Waals surface area contributed by atoms with E-state index in [9.17, 15) is 23.5 Å². The van der Waals surface area contributed by atoms with E-state index in [-0.39, 0.29) is 45.0 Å². The van der Waals surface area contributed by atoms with E-state index in [1.807, 2.05) is 20.8 Å². The number of rotatable bonds is 27. The Labute approximate surface area is 307 Å². The van der Waals surface area contributed by atoms with Crippen LogP contribution in [0.1, 0.15) is 84.5 Å². The van der Waals surface area contributed by atoms with Gasteiger partial charge in [0.15, 0.2) is 0 Å². The average Bonchev–Trinajstić information content (AvgIpc) is 3.06. The predicted molar refractivity (Wildman–Crippen MR) is 201 cm³/mol. The van der Waals surface area contributed by atoms with Crippen LogP contribution in [-0.2, 0) is 41.8 Å². The minimum atomic E-state index is -4.08. The summed E-state index contributed by atoms with van der Waals surface area (Å²) in [7, 11) is -7.48. The maximum Gasteiger partial charge on any atom is 0.406 e. The molecule has 0 aromatic heterocycles. The molecule has 2 amide bonds. The first-order valence-electron chi connectivity index (χ1n) is 17.1. The minimum Gasteiger partial charge on any atom is -0.459 e. The quantitative estimate of drug-likeness (QED) is 0.0407. The van der Waals surface area contributed by atoms with Crippen molar-refractivity contribution in [3.05, 3.63) is 41.1 Å². The van der Waals surface area contributed by atoms with Gasteiger partial charge in [0.25, 0.3) is 5.91 Å². The Morgan fingerprint density at radius 1 is 0.941 bits per heavy atom. The van der Waals surface area contributed by atoms with Crippen molar-refractivity contribution in [1.82, 2.24) is 15.7 Å². The lowest BCUT2D eigenvalue weighted by Crippen LogP contribution is -2.39. The number of aliphatic hydroxyl groups is 1. The Hall–Kier alpha value is -2.26. The summed E-state index contributed by atoms with van der Waals surface area (Å²) in [6, 6.07) is 5.36. The minimum absolute atomic E-state index is 0.0102. The van der Waals surface area contributed by atoms with E-state index in [4.69, 9.17) is 28.2 Å². The highest BCUT2D eigenvalue weighted by Gasteiger charge is 2.33. The molecule has 5 N–H and O–H groups in total. The lowest BCUT2D eigenvalue weighted by Gasteiger charge is -2.25. The van der Waals surface area contributed by atoms with Gasteiger partial charge in [-0.3, -0.25) is 28.0 Å². The van der Waals surface area contributed by atoms with Gasteiger partial charge in [0.2, 0.25) is 5.91 Å². The summed E-state index contributed by atoms with van der Waals surface area (Å²) in [5.74, 6) is 0.890. The molecule has 51 heavy (non-hydrogen) atoms. The van der Waals surface area contributed by atoms with Gasteiger partial charge in [-0.05, 0) is 95.7 Å². The summed E-state index contributed by atoms with van der Waals surface area (Å²) < 4.78 is 53.9. The van der Waals surface area contributed by atoms with Crippen molar-refractivity contribution in [2.24, 2.45) is 0 Å². The van der Waals surface area contributed by atoms with Crippen LogP contribution in [-0.4, -0.2) is 92.5 Å². The maximum absolute atomic E-state index is 13.5. The average molecular weight is 781 g/mol. The van der Waals surface area contributed by atoms with Crippen LogP contribution in [0.3, 0.4) is 0 Å². The third kappa shape index (κ3) is 21.8. The van der Waals surface area contributed by atoms with Gasteiger partial charge < -0.3 is 34.8 Å². The highest BCUT2D eigenvalue weighted by atomic mass is 32.2. The Bertz CT molecular complexity index is 1310. The van der Waals surface area contributed by atoms with Crippen LogP contribution in [0.15, 0.2) is 35.5 Å². The molecule has 0 heterocycles. The third-order valence-corrected chi connectivity index (χ3v) is 10.8.